The summed E-state index contributed by atoms with van der Waals surface area (Å²) < 4.78 is 4.77. The van der Waals surface area contributed by atoms with Crippen LogP contribution in [-0.2, 0) is 9.53 Å². The summed E-state index contributed by atoms with van der Waals surface area (Å²) in [6.45, 7) is 2.22. The molecule has 0 aromatic heterocycles. The predicted octanol–water partition coefficient (Wildman–Crippen LogP) is 2.27. The summed E-state index contributed by atoms with van der Waals surface area (Å²) in [6, 6.07) is 9.75. The van der Waals surface area contributed by atoms with Crippen molar-refractivity contribution in [2.75, 3.05) is 13.2 Å². The van der Waals surface area contributed by atoms with Gasteiger partial charge in [-0.25, -0.2) is 4.79 Å². The lowest BCUT2D eigenvalue weighted by atomic mass is 9.96. The number of aliphatic hydroxyl groups is 1. The molecule has 1 rings (SSSR count). The Morgan fingerprint density at radius 1 is 1.41 bits per heavy atom. The van der Waals surface area contributed by atoms with E-state index in [1.165, 1.54) is 6.08 Å². The van der Waals surface area contributed by atoms with Crippen LogP contribution in [0.2, 0.25) is 0 Å². The fourth-order valence-corrected chi connectivity index (χ4v) is 1.56. The fourth-order valence-electron chi connectivity index (χ4n) is 1.56. The molecule has 3 heteroatoms. The van der Waals surface area contributed by atoms with E-state index in [9.17, 15) is 9.90 Å². The Morgan fingerprint density at radius 3 is 2.71 bits per heavy atom. The second kappa shape index (κ2) is 7.63. The molecular weight excluding hydrogens is 216 g/mol. The molecule has 0 amide bonds. The Bertz CT molecular complexity index is 357. The molecule has 0 radical (unpaired) electrons. The molecular formula is C14H18O3. The van der Waals surface area contributed by atoms with Gasteiger partial charge in [0.25, 0.3) is 0 Å². The minimum Gasteiger partial charge on any atom is -0.463 e. The molecule has 1 aromatic rings. The first-order chi connectivity index (χ1) is 8.27. The zero-order chi connectivity index (χ0) is 12.5. The number of allylic oxidation sites excluding steroid dienone is 1. The molecule has 0 heterocycles. The minimum atomic E-state index is -0.336. The second-order valence-corrected chi connectivity index (χ2v) is 3.68. The van der Waals surface area contributed by atoms with E-state index in [0.29, 0.717) is 13.0 Å². The van der Waals surface area contributed by atoms with Crippen LogP contribution in [0.4, 0.5) is 0 Å². The maximum absolute atomic E-state index is 11.1. The first kappa shape index (κ1) is 13.5. The normalized spacial score (nSPS) is 12.6. The topological polar surface area (TPSA) is 46.5 Å². The van der Waals surface area contributed by atoms with Gasteiger partial charge in [-0.2, -0.15) is 0 Å². The van der Waals surface area contributed by atoms with Crippen molar-refractivity contribution >= 4 is 5.97 Å². The molecule has 3 nitrogen and oxygen atoms in total. The lowest BCUT2D eigenvalue weighted by Gasteiger charge is -2.11. The molecule has 0 aliphatic rings. The van der Waals surface area contributed by atoms with Gasteiger partial charge in [0.05, 0.1) is 13.2 Å². The number of ether oxygens (including phenoxy) is 1. The Balaban J connectivity index is 2.51. The monoisotopic (exact) mass is 234 g/mol. The number of rotatable bonds is 6. The SMILES string of the molecule is CCOC(=O)/C=C/CC(CO)c1ccccc1. The molecule has 0 aliphatic heterocycles. The van der Waals surface area contributed by atoms with Gasteiger partial charge in [0.1, 0.15) is 0 Å². The highest BCUT2D eigenvalue weighted by molar-refractivity contribution is 5.81. The summed E-state index contributed by atoms with van der Waals surface area (Å²) in [7, 11) is 0. The Morgan fingerprint density at radius 2 is 2.12 bits per heavy atom. The van der Waals surface area contributed by atoms with E-state index in [4.69, 9.17) is 4.74 Å². The van der Waals surface area contributed by atoms with Crippen molar-refractivity contribution in [1.29, 1.82) is 0 Å². The molecule has 0 spiro atoms. The van der Waals surface area contributed by atoms with Gasteiger partial charge in [-0.05, 0) is 18.9 Å². The number of hydrogen-bond donors (Lipinski definition) is 1. The van der Waals surface area contributed by atoms with E-state index in [2.05, 4.69) is 0 Å². The summed E-state index contributed by atoms with van der Waals surface area (Å²) >= 11 is 0. The van der Waals surface area contributed by atoms with Gasteiger partial charge in [0, 0.05) is 12.0 Å². The van der Waals surface area contributed by atoms with E-state index < -0.39 is 0 Å². The Labute approximate surface area is 102 Å². The molecule has 0 bridgehead atoms. The summed E-state index contributed by atoms with van der Waals surface area (Å²) in [5, 5.41) is 9.30. The third-order valence-corrected chi connectivity index (χ3v) is 2.45. The molecule has 0 aliphatic carbocycles. The standard InChI is InChI=1S/C14H18O3/c1-2-17-14(16)10-6-9-13(11-15)12-7-4-3-5-8-12/h3-8,10,13,15H,2,9,11H2,1H3/b10-6+. The van der Waals surface area contributed by atoms with Crippen LogP contribution in [0.3, 0.4) is 0 Å². The molecule has 1 aromatic carbocycles. The highest BCUT2D eigenvalue weighted by atomic mass is 16.5. The van der Waals surface area contributed by atoms with Gasteiger partial charge in [0.15, 0.2) is 0 Å². The van der Waals surface area contributed by atoms with Crippen LogP contribution < -0.4 is 0 Å². The summed E-state index contributed by atoms with van der Waals surface area (Å²) in [5.41, 5.74) is 1.07. The van der Waals surface area contributed by atoms with Gasteiger partial charge in [-0.3, -0.25) is 0 Å². The zero-order valence-electron chi connectivity index (χ0n) is 10.0. The number of aliphatic hydroxyl groups excluding tert-OH is 1. The molecule has 0 saturated heterocycles. The Kier molecular flexibility index (Phi) is 6.04. The van der Waals surface area contributed by atoms with Crippen LogP contribution >= 0.6 is 0 Å². The molecule has 1 atom stereocenters. The van der Waals surface area contributed by atoms with Gasteiger partial charge in [-0.1, -0.05) is 36.4 Å². The third kappa shape index (κ3) is 4.83. The summed E-state index contributed by atoms with van der Waals surface area (Å²) in [5.74, 6) is -0.306. The van der Waals surface area contributed by atoms with Gasteiger partial charge < -0.3 is 9.84 Å². The number of esters is 1. The highest BCUT2D eigenvalue weighted by Crippen LogP contribution is 2.18. The van der Waals surface area contributed by atoms with E-state index in [1.54, 1.807) is 13.0 Å². The summed E-state index contributed by atoms with van der Waals surface area (Å²) in [4.78, 5) is 11.1. The van der Waals surface area contributed by atoms with Gasteiger partial charge in [-0.15, -0.1) is 0 Å². The van der Waals surface area contributed by atoms with Crippen molar-refractivity contribution in [3.63, 3.8) is 0 Å². The van der Waals surface area contributed by atoms with Crippen LogP contribution in [0.1, 0.15) is 24.8 Å². The van der Waals surface area contributed by atoms with Crippen molar-refractivity contribution in [3.05, 3.63) is 48.0 Å². The van der Waals surface area contributed by atoms with Crippen molar-refractivity contribution < 1.29 is 14.6 Å². The summed E-state index contributed by atoms with van der Waals surface area (Å²) in [6.07, 6.45) is 3.78. The minimum absolute atomic E-state index is 0.0295. The van der Waals surface area contributed by atoms with Crippen molar-refractivity contribution in [2.45, 2.75) is 19.3 Å². The first-order valence-electron chi connectivity index (χ1n) is 5.77. The zero-order valence-corrected chi connectivity index (χ0v) is 10.0. The van der Waals surface area contributed by atoms with Crippen molar-refractivity contribution in [1.82, 2.24) is 0 Å². The molecule has 1 N–H and O–H groups in total. The number of carbonyl (C=O) groups excluding carboxylic acids is 1. The second-order valence-electron chi connectivity index (χ2n) is 3.68. The van der Waals surface area contributed by atoms with E-state index in [-0.39, 0.29) is 18.5 Å². The van der Waals surface area contributed by atoms with E-state index in [0.717, 1.165) is 5.56 Å². The largest absolute Gasteiger partial charge is 0.463 e. The lowest BCUT2D eigenvalue weighted by Crippen LogP contribution is -2.04. The maximum atomic E-state index is 11.1. The molecule has 0 fully saturated rings. The predicted molar refractivity (Wildman–Crippen MR) is 66.7 cm³/mol. The van der Waals surface area contributed by atoms with Crippen LogP contribution in [-0.4, -0.2) is 24.3 Å². The van der Waals surface area contributed by atoms with E-state index in [1.807, 2.05) is 30.3 Å². The third-order valence-electron chi connectivity index (χ3n) is 2.45. The smallest absolute Gasteiger partial charge is 0.330 e. The molecule has 1 unspecified atom stereocenters. The van der Waals surface area contributed by atoms with Crippen LogP contribution in [0.25, 0.3) is 0 Å². The van der Waals surface area contributed by atoms with Crippen LogP contribution in [0, 0.1) is 0 Å². The molecule has 0 saturated carbocycles. The molecule has 92 valence electrons. The average Bonchev–Trinajstić information content (AvgIpc) is 2.36. The van der Waals surface area contributed by atoms with Gasteiger partial charge >= 0.3 is 5.97 Å². The number of hydrogen-bond acceptors (Lipinski definition) is 3. The average molecular weight is 234 g/mol. The highest BCUT2D eigenvalue weighted by Gasteiger charge is 2.07. The lowest BCUT2D eigenvalue weighted by molar-refractivity contribution is -0.137. The fraction of sp³-hybridized carbons (Fsp3) is 0.357. The van der Waals surface area contributed by atoms with E-state index >= 15 is 0 Å². The van der Waals surface area contributed by atoms with Crippen LogP contribution in [0.15, 0.2) is 42.5 Å². The first-order valence-corrected chi connectivity index (χ1v) is 5.77. The maximum Gasteiger partial charge on any atom is 0.330 e. The van der Waals surface area contributed by atoms with Crippen molar-refractivity contribution in [2.24, 2.45) is 0 Å². The number of carbonyl (C=O) groups is 1. The quantitative estimate of drug-likeness (QED) is 0.606. The van der Waals surface area contributed by atoms with Gasteiger partial charge in [0.2, 0.25) is 0 Å². The molecule has 17 heavy (non-hydrogen) atoms. The Hall–Kier alpha value is -1.61. The van der Waals surface area contributed by atoms with Crippen molar-refractivity contribution in [3.8, 4) is 0 Å². The van der Waals surface area contributed by atoms with Crippen LogP contribution in [0.5, 0.6) is 0 Å². The number of benzene rings is 1.